The molecule has 8 nitrogen and oxygen atoms in total. The summed E-state index contributed by atoms with van der Waals surface area (Å²) in [5.41, 5.74) is 1.43. The van der Waals surface area contributed by atoms with Gasteiger partial charge in [0.15, 0.2) is 5.78 Å². The smallest absolute Gasteiger partial charge is 0.329 e. The SMILES string of the molecule is O=C(O)CC(NC(=O)C1CCCCN1C(=O)n1c2ccccc2c2ccccc21)C(=O)CF. The zero-order valence-electron chi connectivity index (χ0n) is 17.9. The minimum atomic E-state index is -1.48. The summed E-state index contributed by atoms with van der Waals surface area (Å²) in [6.45, 7) is -1.05. The molecule has 9 heteroatoms. The van der Waals surface area contributed by atoms with Gasteiger partial charge >= 0.3 is 12.0 Å². The van der Waals surface area contributed by atoms with Crippen LogP contribution in [0.2, 0.25) is 0 Å². The van der Waals surface area contributed by atoms with E-state index in [2.05, 4.69) is 5.32 Å². The number of Topliss-reactive ketones (excluding diaryl/α,β-unsaturated/α-hetero) is 1. The Morgan fingerprint density at radius 3 is 2.18 bits per heavy atom. The van der Waals surface area contributed by atoms with E-state index in [9.17, 15) is 23.6 Å². The van der Waals surface area contributed by atoms with Gasteiger partial charge in [-0.15, -0.1) is 0 Å². The standard InChI is InChI=1S/C24H24FN3O5/c25-14-21(29)17(13-22(30)31)26-23(32)20-11-5-6-12-27(20)24(33)28-18-9-3-1-7-15(18)16-8-2-4-10-19(16)28/h1-4,7-10,17,20H,5-6,11-14H2,(H,26,32)(H,30,31). The summed E-state index contributed by atoms with van der Waals surface area (Å²) in [4.78, 5) is 51.1. The molecule has 33 heavy (non-hydrogen) atoms. The molecule has 0 bridgehead atoms. The van der Waals surface area contributed by atoms with Crippen molar-refractivity contribution in [2.24, 2.45) is 0 Å². The van der Waals surface area contributed by atoms with Crippen molar-refractivity contribution in [2.75, 3.05) is 13.2 Å². The molecule has 1 aliphatic heterocycles. The molecule has 1 aromatic heterocycles. The summed E-state index contributed by atoms with van der Waals surface area (Å²) in [6, 6.07) is 12.3. The van der Waals surface area contributed by atoms with Crippen molar-refractivity contribution in [3.63, 3.8) is 0 Å². The number of rotatable bonds is 6. The lowest BCUT2D eigenvalue weighted by Crippen LogP contribution is -2.56. The van der Waals surface area contributed by atoms with Gasteiger partial charge in [-0.05, 0) is 31.4 Å². The Labute approximate surface area is 189 Å². The summed E-state index contributed by atoms with van der Waals surface area (Å²) in [7, 11) is 0. The van der Waals surface area contributed by atoms with Crippen LogP contribution in [0.4, 0.5) is 9.18 Å². The highest BCUT2D eigenvalue weighted by molar-refractivity contribution is 6.13. The van der Waals surface area contributed by atoms with Crippen molar-refractivity contribution in [3.05, 3.63) is 48.5 Å². The maximum Gasteiger partial charge on any atom is 0.329 e. The molecule has 0 radical (unpaired) electrons. The van der Waals surface area contributed by atoms with Gasteiger partial charge in [0.2, 0.25) is 5.91 Å². The number of aromatic nitrogens is 1. The van der Waals surface area contributed by atoms with Crippen molar-refractivity contribution in [2.45, 2.75) is 37.8 Å². The van der Waals surface area contributed by atoms with E-state index in [1.807, 2.05) is 48.5 Å². The van der Waals surface area contributed by atoms with Gasteiger partial charge in [-0.1, -0.05) is 36.4 Å². The van der Waals surface area contributed by atoms with E-state index in [-0.39, 0.29) is 6.03 Å². The molecule has 0 spiro atoms. The first-order valence-electron chi connectivity index (χ1n) is 10.8. The second kappa shape index (κ2) is 9.40. The molecule has 1 aliphatic rings. The van der Waals surface area contributed by atoms with Crippen LogP contribution in [-0.4, -0.2) is 63.6 Å². The number of nitrogens with zero attached hydrogens (tertiary/aromatic N) is 2. The summed E-state index contributed by atoms with van der Waals surface area (Å²) < 4.78 is 14.5. The first-order chi connectivity index (χ1) is 15.9. The number of alkyl halides is 1. The van der Waals surface area contributed by atoms with Gasteiger partial charge in [0.25, 0.3) is 0 Å². The minimum Gasteiger partial charge on any atom is -0.481 e. The van der Waals surface area contributed by atoms with Crippen LogP contribution in [0.1, 0.15) is 25.7 Å². The van der Waals surface area contributed by atoms with Crippen molar-refractivity contribution in [3.8, 4) is 0 Å². The van der Waals surface area contributed by atoms with Crippen molar-refractivity contribution >= 4 is 45.5 Å². The van der Waals surface area contributed by atoms with Crippen molar-refractivity contribution in [1.82, 2.24) is 14.8 Å². The molecule has 2 atom stereocenters. The van der Waals surface area contributed by atoms with Gasteiger partial charge in [-0.3, -0.25) is 19.0 Å². The first kappa shape index (κ1) is 22.4. The second-order valence-corrected chi connectivity index (χ2v) is 8.12. The molecule has 2 N–H and O–H groups in total. The van der Waals surface area contributed by atoms with Gasteiger partial charge in [-0.2, -0.15) is 0 Å². The molecule has 2 unspecified atom stereocenters. The molecule has 4 rings (SSSR count). The number of ketones is 1. The molecular formula is C24H24FN3O5. The van der Waals surface area contributed by atoms with Gasteiger partial charge in [-0.25, -0.2) is 9.18 Å². The fraction of sp³-hybridized carbons (Fsp3) is 0.333. The monoisotopic (exact) mass is 453 g/mol. The molecule has 172 valence electrons. The zero-order valence-corrected chi connectivity index (χ0v) is 17.9. The van der Waals surface area contributed by atoms with Crippen LogP contribution in [0.3, 0.4) is 0 Å². The van der Waals surface area contributed by atoms with E-state index >= 15 is 0 Å². The predicted molar refractivity (Wildman–Crippen MR) is 120 cm³/mol. The average molecular weight is 453 g/mol. The topological polar surface area (TPSA) is 109 Å². The molecule has 2 heterocycles. The van der Waals surface area contributed by atoms with Crippen molar-refractivity contribution in [1.29, 1.82) is 0 Å². The van der Waals surface area contributed by atoms with Gasteiger partial charge < -0.3 is 15.3 Å². The van der Waals surface area contributed by atoms with E-state index in [4.69, 9.17) is 5.11 Å². The maximum atomic E-state index is 13.7. The largest absolute Gasteiger partial charge is 0.481 e. The number of likely N-dealkylation sites (tertiary alicyclic amines) is 1. The number of fused-ring (bicyclic) bond motifs is 3. The Kier molecular flexibility index (Phi) is 6.39. The highest BCUT2D eigenvalue weighted by Gasteiger charge is 2.36. The lowest BCUT2D eigenvalue weighted by molar-refractivity contribution is -0.140. The van der Waals surface area contributed by atoms with Crippen LogP contribution in [0, 0.1) is 0 Å². The molecule has 3 aromatic rings. The molecule has 1 saturated heterocycles. The Morgan fingerprint density at radius 1 is 1.00 bits per heavy atom. The normalized spacial score (nSPS) is 17.1. The molecule has 2 aromatic carbocycles. The van der Waals surface area contributed by atoms with Crippen LogP contribution in [0.15, 0.2) is 48.5 Å². The molecular weight excluding hydrogens is 429 g/mol. The Hall–Kier alpha value is -3.75. The number of hydrogen-bond acceptors (Lipinski definition) is 4. The Morgan fingerprint density at radius 2 is 1.61 bits per heavy atom. The molecule has 0 saturated carbocycles. The number of halogens is 1. The molecule has 0 aliphatic carbocycles. The van der Waals surface area contributed by atoms with E-state index in [1.165, 1.54) is 4.90 Å². The number of hydrogen-bond donors (Lipinski definition) is 2. The summed E-state index contributed by atoms with van der Waals surface area (Å²) in [5, 5.41) is 13.2. The lowest BCUT2D eigenvalue weighted by Gasteiger charge is -2.35. The van der Waals surface area contributed by atoms with E-state index in [1.54, 1.807) is 4.57 Å². The number of para-hydroxylation sites is 2. The number of carboxylic acid groups (broad SMARTS) is 1. The van der Waals surface area contributed by atoms with Gasteiger partial charge in [0.1, 0.15) is 18.8 Å². The van der Waals surface area contributed by atoms with E-state index < -0.39 is 42.8 Å². The third kappa shape index (κ3) is 4.30. The number of carboxylic acids is 1. The Bertz CT molecular complexity index is 1180. The number of carbonyl (C=O) groups excluding carboxylic acids is 3. The van der Waals surface area contributed by atoms with Crippen molar-refractivity contribution < 1.29 is 28.7 Å². The maximum absolute atomic E-state index is 13.7. The van der Waals surface area contributed by atoms with Gasteiger partial charge in [0, 0.05) is 17.3 Å². The highest BCUT2D eigenvalue weighted by Crippen LogP contribution is 2.30. The second-order valence-electron chi connectivity index (χ2n) is 8.12. The Balaban J connectivity index is 1.68. The minimum absolute atomic E-state index is 0.332. The third-order valence-electron chi connectivity index (χ3n) is 6.04. The zero-order chi connectivity index (χ0) is 23.5. The highest BCUT2D eigenvalue weighted by atomic mass is 19.1. The number of nitrogens with one attached hydrogen (secondary N) is 1. The molecule has 1 fully saturated rings. The van der Waals surface area contributed by atoms with Crippen LogP contribution in [0.25, 0.3) is 21.8 Å². The van der Waals surface area contributed by atoms with Crippen LogP contribution in [0.5, 0.6) is 0 Å². The van der Waals surface area contributed by atoms with Gasteiger partial charge in [0.05, 0.1) is 17.5 Å². The fourth-order valence-electron chi connectivity index (χ4n) is 4.47. The first-order valence-corrected chi connectivity index (χ1v) is 10.8. The quantitative estimate of drug-likeness (QED) is 0.596. The van der Waals surface area contributed by atoms with E-state index in [0.29, 0.717) is 36.8 Å². The third-order valence-corrected chi connectivity index (χ3v) is 6.04. The number of piperidine rings is 1. The molecule has 2 amide bonds. The predicted octanol–water partition coefficient (Wildman–Crippen LogP) is 3.12. The van der Waals surface area contributed by atoms with Crippen LogP contribution < -0.4 is 5.32 Å². The summed E-state index contributed by atoms with van der Waals surface area (Å²) in [5.74, 6) is -3.00. The lowest BCUT2D eigenvalue weighted by atomic mass is 10.0. The summed E-state index contributed by atoms with van der Waals surface area (Å²) in [6.07, 6.45) is 1.03. The summed E-state index contributed by atoms with van der Waals surface area (Å²) >= 11 is 0. The van der Waals surface area contributed by atoms with Crippen LogP contribution in [-0.2, 0) is 14.4 Å². The van der Waals surface area contributed by atoms with Crippen LogP contribution >= 0.6 is 0 Å². The fourth-order valence-corrected chi connectivity index (χ4v) is 4.47. The number of carbonyl (C=O) groups is 4. The average Bonchev–Trinajstić information content (AvgIpc) is 3.17. The number of amides is 2. The number of aliphatic carboxylic acids is 1. The van der Waals surface area contributed by atoms with E-state index in [0.717, 1.165) is 10.8 Å². The number of benzene rings is 2.